The van der Waals surface area contributed by atoms with Crippen LogP contribution in [-0.4, -0.2) is 17.7 Å². The summed E-state index contributed by atoms with van der Waals surface area (Å²) in [6.07, 6.45) is 0.245. The van der Waals surface area contributed by atoms with Crippen molar-refractivity contribution in [3.8, 4) is 0 Å². The lowest BCUT2D eigenvalue weighted by Crippen LogP contribution is -2.25. The second-order valence-corrected chi connectivity index (χ2v) is 5.40. The number of nitrogens with zero attached hydrogens (tertiary/aromatic N) is 1. The van der Waals surface area contributed by atoms with E-state index in [1.165, 1.54) is 12.4 Å². The Kier molecular flexibility index (Phi) is 4.07. The number of nitrogens with one attached hydrogen (secondary N) is 1. The fraction of sp³-hybridized carbons (Fsp3) is 0.294. The summed E-state index contributed by atoms with van der Waals surface area (Å²) < 4.78 is 40.2. The van der Waals surface area contributed by atoms with Crippen molar-refractivity contribution in [3.63, 3.8) is 0 Å². The molecule has 0 amide bonds. The fourth-order valence-corrected chi connectivity index (χ4v) is 2.79. The second kappa shape index (κ2) is 6.01. The first kappa shape index (κ1) is 14.9. The molecule has 2 heterocycles. The summed E-state index contributed by atoms with van der Waals surface area (Å²) in [4.78, 5) is 0. The predicted molar refractivity (Wildman–Crippen MR) is 80.3 cm³/mol. The molecule has 1 aliphatic rings. The summed E-state index contributed by atoms with van der Waals surface area (Å²) in [6.45, 7) is 1.66. The average Bonchev–Trinajstić information content (AvgIpc) is 2.99. The van der Waals surface area contributed by atoms with Gasteiger partial charge >= 0.3 is 6.18 Å². The van der Waals surface area contributed by atoms with Crippen molar-refractivity contribution < 1.29 is 13.2 Å². The number of alkyl halides is 3. The number of benzene rings is 1. The van der Waals surface area contributed by atoms with Gasteiger partial charge < -0.3 is 9.88 Å². The van der Waals surface area contributed by atoms with Gasteiger partial charge in [-0.15, -0.1) is 0 Å². The molecule has 1 N–H and O–H groups in total. The van der Waals surface area contributed by atoms with Crippen LogP contribution in [0.15, 0.2) is 54.4 Å². The summed E-state index contributed by atoms with van der Waals surface area (Å²) in [6, 6.07) is 10.7. The normalized spacial score (nSPS) is 18.3. The molecule has 0 bridgehead atoms. The van der Waals surface area contributed by atoms with E-state index in [1.54, 1.807) is 4.57 Å². The van der Waals surface area contributed by atoms with Crippen molar-refractivity contribution in [3.05, 3.63) is 65.5 Å². The lowest BCUT2D eigenvalue weighted by Gasteiger charge is -2.21. The molecular weight excluding hydrogens is 289 g/mol. The van der Waals surface area contributed by atoms with Gasteiger partial charge in [0.25, 0.3) is 0 Å². The Morgan fingerprint density at radius 2 is 1.86 bits per heavy atom. The lowest BCUT2D eigenvalue weighted by molar-refractivity contribution is -0.137. The maximum Gasteiger partial charge on any atom is 0.417 e. The monoisotopic (exact) mass is 306 g/mol. The molecule has 1 aromatic carbocycles. The molecule has 2 nitrogen and oxygen atoms in total. The van der Waals surface area contributed by atoms with E-state index < -0.39 is 11.7 Å². The van der Waals surface area contributed by atoms with Gasteiger partial charge in [-0.25, -0.2) is 0 Å². The van der Waals surface area contributed by atoms with E-state index in [2.05, 4.69) is 5.32 Å². The molecule has 22 heavy (non-hydrogen) atoms. The van der Waals surface area contributed by atoms with Crippen LogP contribution in [0.5, 0.6) is 0 Å². The number of hydrogen-bond acceptors (Lipinski definition) is 1. The minimum absolute atomic E-state index is 0.620. The molecule has 2 aromatic rings. The molecule has 1 aromatic heterocycles. The summed E-state index contributed by atoms with van der Waals surface area (Å²) >= 11 is 0. The van der Waals surface area contributed by atoms with E-state index in [0.29, 0.717) is 6.54 Å². The van der Waals surface area contributed by atoms with Gasteiger partial charge in [-0.3, -0.25) is 0 Å². The second-order valence-electron chi connectivity index (χ2n) is 5.40. The van der Waals surface area contributed by atoms with E-state index in [-0.39, 0.29) is 0 Å². The number of piperidine rings is 1. The SMILES string of the molecule is FC(F)(F)c1ccn(/C(=C2\CCCNC2)c2ccccc2)c1. The molecule has 0 spiro atoms. The van der Waals surface area contributed by atoms with Crippen molar-refractivity contribution in [2.75, 3.05) is 13.1 Å². The molecule has 1 aliphatic heterocycles. The summed E-state index contributed by atoms with van der Waals surface area (Å²) in [5, 5.41) is 3.30. The molecule has 116 valence electrons. The highest BCUT2D eigenvalue weighted by atomic mass is 19.4. The van der Waals surface area contributed by atoms with Gasteiger partial charge in [0.2, 0.25) is 0 Å². The molecule has 0 saturated carbocycles. The highest BCUT2D eigenvalue weighted by Crippen LogP contribution is 2.32. The van der Waals surface area contributed by atoms with Crippen LogP contribution in [0.2, 0.25) is 0 Å². The zero-order valence-corrected chi connectivity index (χ0v) is 12.0. The van der Waals surface area contributed by atoms with E-state index >= 15 is 0 Å². The topological polar surface area (TPSA) is 17.0 Å². The number of aromatic nitrogens is 1. The first-order chi connectivity index (χ1) is 10.6. The third-order valence-electron chi connectivity index (χ3n) is 3.83. The summed E-state index contributed by atoms with van der Waals surface area (Å²) in [7, 11) is 0. The van der Waals surface area contributed by atoms with E-state index in [9.17, 15) is 13.2 Å². The van der Waals surface area contributed by atoms with Crippen LogP contribution in [0.4, 0.5) is 13.2 Å². The van der Waals surface area contributed by atoms with Crippen LogP contribution >= 0.6 is 0 Å². The van der Waals surface area contributed by atoms with Gasteiger partial charge in [0.05, 0.1) is 11.3 Å². The van der Waals surface area contributed by atoms with Crippen molar-refractivity contribution in [1.82, 2.24) is 9.88 Å². The molecule has 1 saturated heterocycles. The van der Waals surface area contributed by atoms with Crippen molar-refractivity contribution in [2.45, 2.75) is 19.0 Å². The van der Waals surface area contributed by atoms with Crippen molar-refractivity contribution in [2.24, 2.45) is 0 Å². The molecule has 3 rings (SSSR count). The van der Waals surface area contributed by atoms with Gasteiger partial charge in [0, 0.05) is 18.9 Å². The third kappa shape index (κ3) is 3.09. The quantitative estimate of drug-likeness (QED) is 0.882. The Labute approximate surface area is 127 Å². The molecule has 0 atom stereocenters. The van der Waals surface area contributed by atoms with E-state index in [0.717, 1.165) is 42.3 Å². The van der Waals surface area contributed by atoms with E-state index in [1.807, 2.05) is 30.3 Å². The first-order valence-corrected chi connectivity index (χ1v) is 7.29. The number of hydrogen-bond donors (Lipinski definition) is 1. The Morgan fingerprint density at radius 1 is 1.09 bits per heavy atom. The highest BCUT2D eigenvalue weighted by molar-refractivity contribution is 5.69. The van der Waals surface area contributed by atoms with Crippen LogP contribution in [0.25, 0.3) is 5.70 Å². The zero-order valence-electron chi connectivity index (χ0n) is 12.0. The van der Waals surface area contributed by atoms with Crippen LogP contribution in [0.3, 0.4) is 0 Å². The highest BCUT2D eigenvalue weighted by Gasteiger charge is 2.31. The maximum atomic E-state index is 12.9. The van der Waals surface area contributed by atoms with Crippen molar-refractivity contribution >= 4 is 5.70 Å². The molecule has 0 radical (unpaired) electrons. The molecule has 1 fully saturated rings. The summed E-state index contributed by atoms with van der Waals surface area (Å²) in [5.41, 5.74) is 2.31. The fourth-order valence-electron chi connectivity index (χ4n) is 2.79. The Morgan fingerprint density at radius 3 is 2.45 bits per heavy atom. The first-order valence-electron chi connectivity index (χ1n) is 7.29. The molecular formula is C17H17F3N2. The summed E-state index contributed by atoms with van der Waals surface area (Å²) in [5.74, 6) is 0. The molecule has 5 heteroatoms. The average molecular weight is 306 g/mol. The molecule has 0 unspecified atom stereocenters. The maximum absolute atomic E-state index is 12.9. The Bertz CT molecular complexity index is 661. The number of rotatable bonds is 2. The van der Waals surface area contributed by atoms with Crippen LogP contribution in [0.1, 0.15) is 24.0 Å². The Hall–Kier alpha value is -2.01. The predicted octanol–water partition coefficient (Wildman–Crippen LogP) is 4.15. The Balaban J connectivity index is 2.08. The third-order valence-corrected chi connectivity index (χ3v) is 3.83. The largest absolute Gasteiger partial charge is 0.417 e. The lowest BCUT2D eigenvalue weighted by atomic mass is 9.99. The van der Waals surface area contributed by atoms with Crippen LogP contribution in [0, 0.1) is 0 Å². The van der Waals surface area contributed by atoms with Gasteiger partial charge in [0.15, 0.2) is 0 Å². The zero-order chi connectivity index (χ0) is 15.6. The number of halogens is 3. The minimum Gasteiger partial charge on any atom is -0.323 e. The van der Waals surface area contributed by atoms with Gasteiger partial charge in [-0.05, 0) is 36.6 Å². The smallest absolute Gasteiger partial charge is 0.323 e. The van der Waals surface area contributed by atoms with Crippen molar-refractivity contribution in [1.29, 1.82) is 0 Å². The van der Waals surface area contributed by atoms with Crippen LogP contribution in [-0.2, 0) is 6.18 Å². The van der Waals surface area contributed by atoms with E-state index in [4.69, 9.17) is 0 Å². The van der Waals surface area contributed by atoms with Gasteiger partial charge in [-0.1, -0.05) is 30.3 Å². The van der Waals surface area contributed by atoms with Gasteiger partial charge in [0.1, 0.15) is 0 Å². The van der Waals surface area contributed by atoms with Crippen LogP contribution < -0.4 is 5.32 Å². The van der Waals surface area contributed by atoms with Gasteiger partial charge in [-0.2, -0.15) is 13.2 Å². The molecule has 0 aliphatic carbocycles. The standard InChI is InChI=1S/C17H17F3N2/c18-17(19,20)15-8-10-22(12-15)16(13-5-2-1-3-6-13)14-7-4-9-21-11-14/h1-3,5-6,8,10,12,21H,4,7,9,11H2/b16-14+. The minimum atomic E-state index is -4.32.